The highest BCUT2D eigenvalue weighted by Gasteiger charge is 2.38. The van der Waals surface area contributed by atoms with Crippen molar-refractivity contribution in [2.45, 2.75) is 30.7 Å². The van der Waals surface area contributed by atoms with Crippen LogP contribution in [0.4, 0.5) is 4.39 Å². The Morgan fingerprint density at radius 3 is 2.08 bits per heavy atom. The smallest absolute Gasteiger partial charge is 0.136 e. The second-order valence-corrected chi connectivity index (χ2v) is 8.08. The predicted octanol–water partition coefficient (Wildman–Crippen LogP) is 5.55. The molecule has 25 heavy (non-hydrogen) atoms. The van der Waals surface area contributed by atoms with Crippen LogP contribution in [0.5, 0.6) is 0 Å². The van der Waals surface area contributed by atoms with E-state index in [-0.39, 0.29) is 5.25 Å². The molecule has 0 amide bonds. The van der Waals surface area contributed by atoms with Crippen molar-refractivity contribution in [2.24, 2.45) is 0 Å². The number of benzene rings is 2. The van der Waals surface area contributed by atoms with E-state index in [1.54, 1.807) is 11.8 Å². The van der Waals surface area contributed by atoms with Crippen LogP contribution in [-0.4, -0.2) is 29.9 Å². The first kappa shape index (κ1) is 19.0. The fourth-order valence-electron chi connectivity index (χ4n) is 2.64. The van der Waals surface area contributed by atoms with Crippen molar-refractivity contribution < 1.29 is 13.9 Å². The summed E-state index contributed by atoms with van der Waals surface area (Å²) in [5.74, 6) is 0.445. The number of alkyl halides is 1. The van der Waals surface area contributed by atoms with Crippen molar-refractivity contribution in [3.05, 3.63) is 69.7 Å². The zero-order valence-electron chi connectivity index (χ0n) is 13.5. The molecule has 0 aromatic heterocycles. The average Bonchev–Trinajstić information content (AvgIpc) is 2.96. The summed E-state index contributed by atoms with van der Waals surface area (Å²) < 4.78 is 25.8. The van der Waals surface area contributed by atoms with Gasteiger partial charge in [-0.15, -0.1) is 0 Å². The normalized spacial score (nSPS) is 23.1. The molecule has 1 heterocycles. The maximum Gasteiger partial charge on any atom is 0.136 e. The van der Waals surface area contributed by atoms with Crippen LogP contribution in [0.3, 0.4) is 0 Å². The summed E-state index contributed by atoms with van der Waals surface area (Å²) in [7, 11) is 0. The van der Waals surface area contributed by atoms with E-state index in [9.17, 15) is 4.39 Å². The van der Waals surface area contributed by atoms with E-state index in [0.717, 1.165) is 11.1 Å². The highest BCUT2D eigenvalue weighted by Crippen LogP contribution is 2.32. The van der Waals surface area contributed by atoms with E-state index < -0.39 is 12.3 Å². The molecule has 1 aliphatic heterocycles. The molecule has 2 aromatic carbocycles. The van der Waals surface area contributed by atoms with Gasteiger partial charge in [0.05, 0.1) is 25.1 Å². The van der Waals surface area contributed by atoms with Gasteiger partial charge in [0.1, 0.15) is 12.3 Å². The Morgan fingerprint density at radius 1 is 0.920 bits per heavy atom. The molecule has 0 spiro atoms. The fraction of sp³-hybridized carbons (Fsp3) is 0.368. The number of hydrogen-bond donors (Lipinski definition) is 0. The van der Waals surface area contributed by atoms with Gasteiger partial charge in [0.2, 0.25) is 0 Å². The molecule has 2 aromatic rings. The molecule has 6 heteroatoms. The van der Waals surface area contributed by atoms with E-state index >= 15 is 0 Å². The van der Waals surface area contributed by atoms with E-state index in [4.69, 9.17) is 32.7 Å². The molecule has 2 nitrogen and oxygen atoms in total. The number of rotatable bonds is 7. The summed E-state index contributed by atoms with van der Waals surface area (Å²) in [6.45, 7) is 1.31. The van der Waals surface area contributed by atoms with Gasteiger partial charge in [-0.1, -0.05) is 47.5 Å². The minimum absolute atomic E-state index is 0.00500. The molecule has 1 saturated heterocycles. The molecular weight excluding hydrogens is 382 g/mol. The fourth-order valence-corrected chi connectivity index (χ4v) is 4.14. The molecule has 0 bridgehead atoms. The van der Waals surface area contributed by atoms with Crippen LogP contribution in [0.2, 0.25) is 10.0 Å². The summed E-state index contributed by atoms with van der Waals surface area (Å²) in [5.41, 5.74) is 2.03. The van der Waals surface area contributed by atoms with Crippen LogP contribution >= 0.6 is 35.0 Å². The van der Waals surface area contributed by atoms with E-state index in [2.05, 4.69) is 0 Å². The Labute approximate surface area is 161 Å². The first-order chi connectivity index (χ1) is 12.1. The third kappa shape index (κ3) is 5.60. The molecule has 3 rings (SSSR count). The maximum absolute atomic E-state index is 14.2. The van der Waals surface area contributed by atoms with Gasteiger partial charge >= 0.3 is 0 Å². The lowest BCUT2D eigenvalue weighted by molar-refractivity contribution is -0.0167. The SMILES string of the molecule is F[C@@H]1CSC(COCc2ccc(Cl)cc2)[C@H]1OCc1ccc(Cl)cc1. The van der Waals surface area contributed by atoms with Crippen molar-refractivity contribution in [3.63, 3.8) is 0 Å². The standard InChI is InChI=1S/C19H19Cl2FO2S/c20-15-5-1-13(2-6-15)9-23-11-18-19(17(22)12-25-18)24-10-14-3-7-16(21)8-4-14/h1-8,17-19H,9-12H2/t17-,18?,19+/m1/s1. The molecule has 1 unspecified atom stereocenters. The van der Waals surface area contributed by atoms with Gasteiger partial charge in [0.25, 0.3) is 0 Å². The number of hydrogen-bond acceptors (Lipinski definition) is 3. The van der Waals surface area contributed by atoms with E-state index in [0.29, 0.717) is 35.6 Å². The quantitative estimate of drug-likeness (QED) is 0.606. The summed E-state index contributed by atoms with van der Waals surface area (Å²) in [4.78, 5) is 0. The Hall–Kier alpha value is -0.780. The molecule has 3 atom stereocenters. The summed E-state index contributed by atoms with van der Waals surface area (Å²) in [5, 5.41) is 1.37. The largest absolute Gasteiger partial charge is 0.376 e. The highest BCUT2D eigenvalue weighted by atomic mass is 35.5. The zero-order chi connectivity index (χ0) is 17.6. The van der Waals surface area contributed by atoms with E-state index in [1.165, 1.54) is 0 Å². The lowest BCUT2D eigenvalue weighted by atomic mass is 10.1. The van der Waals surface area contributed by atoms with Gasteiger partial charge in [-0.05, 0) is 35.4 Å². The molecule has 0 saturated carbocycles. The lowest BCUT2D eigenvalue weighted by Gasteiger charge is -2.21. The zero-order valence-corrected chi connectivity index (χ0v) is 15.9. The predicted molar refractivity (Wildman–Crippen MR) is 102 cm³/mol. The first-order valence-electron chi connectivity index (χ1n) is 8.06. The second-order valence-electron chi connectivity index (χ2n) is 5.93. The maximum atomic E-state index is 14.2. The second kappa shape index (κ2) is 9.24. The van der Waals surface area contributed by atoms with Crippen LogP contribution < -0.4 is 0 Å². The monoisotopic (exact) mass is 400 g/mol. The van der Waals surface area contributed by atoms with Gasteiger partial charge < -0.3 is 9.47 Å². The minimum atomic E-state index is -0.971. The molecule has 0 radical (unpaired) electrons. The highest BCUT2D eigenvalue weighted by molar-refractivity contribution is 8.00. The first-order valence-corrected chi connectivity index (χ1v) is 9.86. The molecule has 1 aliphatic rings. The van der Waals surface area contributed by atoms with Gasteiger partial charge in [-0.3, -0.25) is 0 Å². The van der Waals surface area contributed by atoms with Crippen molar-refractivity contribution in [3.8, 4) is 0 Å². The van der Waals surface area contributed by atoms with Crippen molar-refractivity contribution in [1.82, 2.24) is 0 Å². The van der Waals surface area contributed by atoms with Crippen LogP contribution in [0.1, 0.15) is 11.1 Å². The number of halogens is 3. The number of ether oxygens (including phenoxy) is 2. The minimum Gasteiger partial charge on any atom is -0.376 e. The third-order valence-electron chi connectivity index (χ3n) is 4.01. The lowest BCUT2D eigenvalue weighted by Crippen LogP contribution is -2.32. The van der Waals surface area contributed by atoms with Crippen LogP contribution in [0, 0.1) is 0 Å². The van der Waals surface area contributed by atoms with Crippen molar-refractivity contribution >= 4 is 35.0 Å². The van der Waals surface area contributed by atoms with Crippen LogP contribution in [0.25, 0.3) is 0 Å². The average molecular weight is 401 g/mol. The number of thioether (sulfide) groups is 1. The van der Waals surface area contributed by atoms with Gasteiger partial charge in [0, 0.05) is 15.8 Å². The molecule has 1 fully saturated rings. The Kier molecular flexibility index (Phi) is 7.02. The molecule has 0 N–H and O–H groups in total. The van der Waals surface area contributed by atoms with Gasteiger partial charge in [-0.25, -0.2) is 4.39 Å². The summed E-state index contributed by atoms with van der Waals surface area (Å²) >= 11 is 13.3. The topological polar surface area (TPSA) is 18.5 Å². The summed E-state index contributed by atoms with van der Waals surface area (Å²) in [6, 6.07) is 14.9. The van der Waals surface area contributed by atoms with Crippen molar-refractivity contribution in [2.75, 3.05) is 12.4 Å². The third-order valence-corrected chi connectivity index (χ3v) is 5.86. The Morgan fingerprint density at radius 2 is 1.48 bits per heavy atom. The van der Waals surface area contributed by atoms with Gasteiger partial charge in [0.15, 0.2) is 0 Å². The van der Waals surface area contributed by atoms with E-state index in [1.807, 2.05) is 48.5 Å². The molecule has 134 valence electrons. The molecule has 0 aliphatic carbocycles. The Balaban J connectivity index is 1.48. The van der Waals surface area contributed by atoms with Crippen molar-refractivity contribution in [1.29, 1.82) is 0 Å². The van der Waals surface area contributed by atoms with Gasteiger partial charge in [-0.2, -0.15) is 11.8 Å². The van der Waals surface area contributed by atoms with Crippen LogP contribution in [0.15, 0.2) is 48.5 Å². The molecular formula is C19H19Cl2FO2S. The Bertz CT molecular complexity index is 666. The summed E-state index contributed by atoms with van der Waals surface area (Å²) in [6.07, 6.45) is -1.42. The van der Waals surface area contributed by atoms with Crippen LogP contribution in [-0.2, 0) is 22.7 Å².